The molecule has 1 aliphatic carbocycles. The van der Waals surface area contributed by atoms with Gasteiger partial charge in [-0.05, 0) is 25.8 Å². The van der Waals surface area contributed by atoms with Gasteiger partial charge in [0.2, 0.25) is 0 Å². The first kappa shape index (κ1) is 17.6. The molecule has 1 unspecified atom stereocenters. The first-order valence-corrected chi connectivity index (χ1v) is 6.93. The second kappa shape index (κ2) is 6.04. The van der Waals surface area contributed by atoms with E-state index in [0.29, 0.717) is 18.9 Å². The van der Waals surface area contributed by atoms with Crippen molar-refractivity contribution < 1.29 is 35.9 Å². The van der Waals surface area contributed by atoms with E-state index in [2.05, 4.69) is 9.84 Å². The first-order chi connectivity index (χ1) is 10.5. The van der Waals surface area contributed by atoms with Gasteiger partial charge in [0.05, 0.1) is 13.0 Å². The van der Waals surface area contributed by atoms with E-state index in [-0.39, 0.29) is 17.0 Å². The summed E-state index contributed by atoms with van der Waals surface area (Å²) in [7, 11) is 0. The lowest BCUT2D eigenvalue weighted by Crippen LogP contribution is -2.31. The number of rotatable bonds is 5. The lowest BCUT2D eigenvalue weighted by atomic mass is 10.1. The zero-order chi connectivity index (χ0) is 17.4. The molecule has 1 fully saturated rings. The summed E-state index contributed by atoms with van der Waals surface area (Å²) in [5.41, 5.74) is -1.54. The van der Waals surface area contributed by atoms with E-state index >= 15 is 0 Å². The molecular weight excluding hydrogens is 330 g/mol. The minimum absolute atomic E-state index is 0.119. The SMILES string of the molecule is CCOC(=O)CC(n1nc(C(F)(F)F)cc1C1CC1)C(F)(F)F. The number of ether oxygens (including phenoxy) is 1. The second-order valence-corrected chi connectivity index (χ2v) is 5.24. The molecule has 23 heavy (non-hydrogen) atoms. The number of halogens is 6. The van der Waals surface area contributed by atoms with Crippen molar-refractivity contribution in [2.75, 3.05) is 6.61 Å². The lowest BCUT2D eigenvalue weighted by Gasteiger charge is -2.22. The van der Waals surface area contributed by atoms with E-state index in [1.54, 1.807) is 0 Å². The Bertz CT molecular complexity index is 574. The molecule has 1 aliphatic rings. The molecule has 1 aromatic heterocycles. The maximum absolute atomic E-state index is 13.2. The van der Waals surface area contributed by atoms with E-state index in [0.717, 1.165) is 0 Å². The summed E-state index contributed by atoms with van der Waals surface area (Å²) >= 11 is 0. The van der Waals surface area contributed by atoms with Gasteiger partial charge >= 0.3 is 18.3 Å². The highest BCUT2D eigenvalue weighted by Gasteiger charge is 2.47. The van der Waals surface area contributed by atoms with Gasteiger partial charge in [-0.15, -0.1) is 0 Å². The highest BCUT2D eigenvalue weighted by atomic mass is 19.4. The monoisotopic (exact) mass is 344 g/mol. The Morgan fingerprint density at radius 2 is 1.96 bits per heavy atom. The second-order valence-electron chi connectivity index (χ2n) is 5.24. The highest BCUT2D eigenvalue weighted by Crippen LogP contribution is 2.45. The van der Waals surface area contributed by atoms with Gasteiger partial charge in [-0.2, -0.15) is 31.4 Å². The number of esters is 1. The van der Waals surface area contributed by atoms with Gasteiger partial charge in [0.25, 0.3) is 0 Å². The van der Waals surface area contributed by atoms with Crippen molar-refractivity contribution in [2.45, 2.75) is 50.5 Å². The first-order valence-electron chi connectivity index (χ1n) is 6.93. The Morgan fingerprint density at radius 1 is 1.35 bits per heavy atom. The van der Waals surface area contributed by atoms with Crippen LogP contribution >= 0.6 is 0 Å². The minimum Gasteiger partial charge on any atom is -0.466 e. The van der Waals surface area contributed by atoms with Crippen molar-refractivity contribution in [2.24, 2.45) is 0 Å². The number of carbonyl (C=O) groups excluding carboxylic acids is 1. The molecule has 1 aromatic rings. The molecule has 10 heteroatoms. The quantitative estimate of drug-likeness (QED) is 0.602. The highest BCUT2D eigenvalue weighted by molar-refractivity contribution is 5.70. The fourth-order valence-electron chi connectivity index (χ4n) is 2.20. The van der Waals surface area contributed by atoms with Crippen molar-refractivity contribution in [3.05, 3.63) is 17.5 Å². The lowest BCUT2D eigenvalue weighted by molar-refractivity contribution is -0.182. The summed E-state index contributed by atoms with van der Waals surface area (Å²) in [5.74, 6) is -1.54. The molecule has 1 heterocycles. The predicted molar refractivity (Wildman–Crippen MR) is 65.5 cm³/mol. The third-order valence-corrected chi connectivity index (χ3v) is 3.39. The number of alkyl halides is 6. The minimum atomic E-state index is -4.93. The number of nitrogens with zero attached hydrogens (tertiary/aromatic N) is 2. The zero-order valence-corrected chi connectivity index (χ0v) is 12.0. The maximum atomic E-state index is 13.2. The van der Waals surface area contributed by atoms with Gasteiger partial charge < -0.3 is 4.74 Å². The average molecular weight is 344 g/mol. The Balaban J connectivity index is 2.41. The van der Waals surface area contributed by atoms with Crippen molar-refractivity contribution in [1.29, 1.82) is 0 Å². The third kappa shape index (κ3) is 4.17. The van der Waals surface area contributed by atoms with Crippen LogP contribution in [0.2, 0.25) is 0 Å². The largest absolute Gasteiger partial charge is 0.466 e. The zero-order valence-electron chi connectivity index (χ0n) is 12.0. The topological polar surface area (TPSA) is 44.1 Å². The predicted octanol–water partition coefficient (Wildman–Crippen LogP) is 3.84. The van der Waals surface area contributed by atoms with E-state index in [9.17, 15) is 31.1 Å². The fourth-order valence-corrected chi connectivity index (χ4v) is 2.20. The standard InChI is InChI=1S/C13H14F6N2O2/c1-2-23-11(22)6-10(13(17,18)19)21-8(7-3-4-7)5-9(20-21)12(14,15)16/h5,7,10H,2-4,6H2,1H3. The number of hydrogen-bond donors (Lipinski definition) is 0. The van der Waals surface area contributed by atoms with E-state index in [4.69, 9.17) is 0 Å². The van der Waals surface area contributed by atoms with E-state index in [1.807, 2.05) is 0 Å². The van der Waals surface area contributed by atoms with E-state index < -0.39 is 42.4 Å². The molecule has 0 aliphatic heterocycles. The van der Waals surface area contributed by atoms with E-state index in [1.165, 1.54) is 6.92 Å². The molecule has 0 radical (unpaired) electrons. The van der Waals surface area contributed by atoms with Gasteiger partial charge in [-0.1, -0.05) is 0 Å². The number of hydrogen-bond acceptors (Lipinski definition) is 3. The molecule has 130 valence electrons. The van der Waals surface area contributed by atoms with Crippen molar-refractivity contribution >= 4 is 5.97 Å². The normalized spacial score (nSPS) is 17.2. The molecule has 0 saturated heterocycles. The Hall–Kier alpha value is -1.74. The third-order valence-electron chi connectivity index (χ3n) is 3.39. The smallest absolute Gasteiger partial charge is 0.435 e. The molecule has 1 atom stereocenters. The van der Waals surface area contributed by atoms with Crippen molar-refractivity contribution in [1.82, 2.24) is 9.78 Å². The Kier molecular flexibility index (Phi) is 4.63. The van der Waals surface area contributed by atoms with Crippen LogP contribution in [-0.4, -0.2) is 28.5 Å². The van der Waals surface area contributed by atoms with Crippen LogP contribution in [-0.2, 0) is 15.7 Å². The van der Waals surface area contributed by atoms with Crippen LogP contribution in [0.15, 0.2) is 6.07 Å². The molecule has 1 saturated carbocycles. The molecule has 0 bridgehead atoms. The summed E-state index contributed by atoms with van der Waals surface area (Å²) in [5, 5.41) is 3.09. The van der Waals surface area contributed by atoms with Crippen LogP contribution in [0, 0.1) is 0 Å². The number of carbonyl (C=O) groups is 1. The van der Waals surface area contributed by atoms with Crippen LogP contribution in [0.1, 0.15) is 49.5 Å². The average Bonchev–Trinajstić information content (AvgIpc) is 3.13. The molecule has 0 amide bonds. The molecule has 0 spiro atoms. The summed E-state index contributed by atoms with van der Waals surface area (Å²) in [6, 6.07) is -1.85. The summed E-state index contributed by atoms with van der Waals surface area (Å²) < 4.78 is 82.7. The molecule has 0 N–H and O–H groups in total. The van der Waals surface area contributed by atoms with Crippen molar-refractivity contribution in [3.63, 3.8) is 0 Å². The summed E-state index contributed by atoms with van der Waals surface area (Å²) in [4.78, 5) is 11.4. The van der Waals surface area contributed by atoms with Crippen LogP contribution in [0.3, 0.4) is 0 Å². The van der Waals surface area contributed by atoms with Gasteiger partial charge in [-0.25, -0.2) is 0 Å². The van der Waals surface area contributed by atoms with Crippen molar-refractivity contribution in [3.8, 4) is 0 Å². The molecule has 2 rings (SSSR count). The van der Waals surface area contributed by atoms with Gasteiger partial charge in [0, 0.05) is 11.6 Å². The molecule has 0 aromatic carbocycles. The van der Waals surface area contributed by atoms with Gasteiger partial charge in [0.15, 0.2) is 11.7 Å². The van der Waals surface area contributed by atoms with Crippen LogP contribution in [0.4, 0.5) is 26.3 Å². The van der Waals surface area contributed by atoms with Crippen LogP contribution in [0.25, 0.3) is 0 Å². The van der Waals surface area contributed by atoms with Gasteiger partial charge in [-0.3, -0.25) is 9.48 Å². The number of aromatic nitrogens is 2. The summed E-state index contributed by atoms with van der Waals surface area (Å²) in [6.07, 6.45) is -9.91. The fraction of sp³-hybridized carbons (Fsp3) is 0.692. The molecule has 4 nitrogen and oxygen atoms in total. The molecular formula is C13H14F6N2O2. The Morgan fingerprint density at radius 3 is 2.39 bits per heavy atom. The van der Waals surface area contributed by atoms with Gasteiger partial charge in [0.1, 0.15) is 0 Å². The van der Waals surface area contributed by atoms with Crippen LogP contribution in [0.5, 0.6) is 0 Å². The maximum Gasteiger partial charge on any atom is 0.435 e. The summed E-state index contributed by atoms with van der Waals surface area (Å²) in [6.45, 7) is 1.30. The van der Waals surface area contributed by atoms with Crippen LogP contribution < -0.4 is 0 Å². The Labute approximate surface area is 127 Å².